The summed E-state index contributed by atoms with van der Waals surface area (Å²) >= 11 is 8.00. The summed E-state index contributed by atoms with van der Waals surface area (Å²) in [6.45, 7) is 5.30. The van der Waals surface area contributed by atoms with E-state index in [2.05, 4.69) is 36.0 Å². The highest BCUT2D eigenvalue weighted by atomic mass is 35.5. The zero-order chi connectivity index (χ0) is 14.5. The molecule has 2 rings (SSSR count). The Hall–Kier alpha value is -1.03. The Balaban J connectivity index is 2.36. The number of halogens is 1. The lowest BCUT2D eigenvalue weighted by Crippen LogP contribution is -2.23. The molecule has 0 aliphatic heterocycles. The summed E-state index contributed by atoms with van der Waals surface area (Å²) in [5, 5.41) is 8.65. The standard InChI is InChI=1S/C16H20ClNOS/c1-4-7-18-16(13-10-20-9-11(13)2)12-5-6-15(19-3)14(17)8-12/h5-6,8-10,16,18H,4,7H2,1-3H3. The summed E-state index contributed by atoms with van der Waals surface area (Å²) in [5.74, 6) is 0.715. The third-order valence-corrected chi connectivity index (χ3v) is 4.49. The molecule has 0 aliphatic rings. The Morgan fingerprint density at radius 1 is 1.35 bits per heavy atom. The van der Waals surface area contributed by atoms with Gasteiger partial charge >= 0.3 is 0 Å². The predicted octanol–water partition coefficient (Wildman–Crippen LogP) is 4.81. The van der Waals surface area contributed by atoms with Gasteiger partial charge in [0.2, 0.25) is 0 Å². The molecule has 2 aromatic rings. The van der Waals surface area contributed by atoms with Crippen LogP contribution in [0.2, 0.25) is 5.02 Å². The van der Waals surface area contributed by atoms with Gasteiger partial charge in [0.05, 0.1) is 18.2 Å². The first-order valence-electron chi connectivity index (χ1n) is 6.76. The molecule has 0 amide bonds. The predicted molar refractivity (Wildman–Crippen MR) is 87.2 cm³/mol. The number of ether oxygens (including phenoxy) is 1. The monoisotopic (exact) mass is 309 g/mol. The fraction of sp³-hybridized carbons (Fsp3) is 0.375. The molecule has 2 nitrogen and oxygen atoms in total. The van der Waals surface area contributed by atoms with Crippen molar-refractivity contribution in [2.45, 2.75) is 26.3 Å². The molecule has 0 bridgehead atoms. The molecule has 0 spiro atoms. The molecule has 0 radical (unpaired) electrons. The zero-order valence-corrected chi connectivity index (χ0v) is 13.6. The van der Waals surface area contributed by atoms with Crippen molar-refractivity contribution in [2.75, 3.05) is 13.7 Å². The molecular formula is C16H20ClNOS. The Morgan fingerprint density at radius 2 is 2.15 bits per heavy atom. The third-order valence-electron chi connectivity index (χ3n) is 3.31. The second-order valence-corrected chi connectivity index (χ2v) is 5.94. The molecule has 1 unspecified atom stereocenters. The minimum atomic E-state index is 0.185. The smallest absolute Gasteiger partial charge is 0.137 e. The highest BCUT2D eigenvalue weighted by Crippen LogP contribution is 2.32. The van der Waals surface area contributed by atoms with Crippen LogP contribution in [0.1, 0.15) is 36.1 Å². The SMILES string of the molecule is CCCNC(c1ccc(OC)c(Cl)c1)c1cscc1C. The lowest BCUT2D eigenvalue weighted by molar-refractivity contribution is 0.414. The van der Waals surface area contributed by atoms with Crippen molar-refractivity contribution in [2.24, 2.45) is 0 Å². The number of rotatable bonds is 6. The molecule has 0 saturated heterocycles. The van der Waals surface area contributed by atoms with E-state index in [1.807, 2.05) is 12.1 Å². The van der Waals surface area contributed by atoms with Crippen LogP contribution in [0.15, 0.2) is 29.0 Å². The van der Waals surface area contributed by atoms with Gasteiger partial charge in [-0.2, -0.15) is 11.3 Å². The fourth-order valence-electron chi connectivity index (χ4n) is 2.22. The number of hydrogen-bond acceptors (Lipinski definition) is 3. The molecule has 4 heteroatoms. The highest BCUT2D eigenvalue weighted by Gasteiger charge is 2.17. The van der Waals surface area contributed by atoms with Crippen LogP contribution < -0.4 is 10.1 Å². The summed E-state index contributed by atoms with van der Waals surface area (Å²) < 4.78 is 5.22. The van der Waals surface area contributed by atoms with E-state index in [-0.39, 0.29) is 6.04 Å². The second kappa shape index (κ2) is 7.11. The lowest BCUT2D eigenvalue weighted by Gasteiger charge is -2.20. The van der Waals surface area contributed by atoms with Gasteiger partial charge in [-0.25, -0.2) is 0 Å². The lowest BCUT2D eigenvalue weighted by atomic mass is 9.98. The van der Waals surface area contributed by atoms with Crippen LogP contribution in [0.4, 0.5) is 0 Å². The normalized spacial score (nSPS) is 12.4. The summed E-state index contributed by atoms with van der Waals surface area (Å²) in [5.41, 5.74) is 3.81. The molecule has 1 aromatic heterocycles. The summed E-state index contributed by atoms with van der Waals surface area (Å²) in [6.07, 6.45) is 1.10. The molecule has 0 aliphatic carbocycles. The quantitative estimate of drug-likeness (QED) is 0.827. The minimum absolute atomic E-state index is 0.185. The molecule has 108 valence electrons. The van der Waals surface area contributed by atoms with Crippen molar-refractivity contribution in [1.82, 2.24) is 5.32 Å². The van der Waals surface area contributed by atoms with Crippen molar-refractivity contribution in [1.29, 1.82) is 0 Å². The van der Waals surface area contributed by atoms with E-state index in [1.165, 1.54) is 16.7 Å². The van der Waals surface area contributed by atoms with E-state index in [0.29, 0.717) is 10.8 Å². The first-order valence-corrected chi connectivity index (χ1v) is 8.09. The van der Waals surface area contributed by atoms with Crippen molar-refractivity contribution in [3.05, 3.63) is 50.7 Å². The maximum atomic E-state index is 6.26. The summed E-state index contributed by atoms with van der Waals surface area (Å²) in [6, 6.07) is 6.18. The van der Waals surface area contributed by atoms with E-state index in [1.54, 1.807) is 18.4 Å². The van der Waals surface area contributed by atoms with Gasteiger partial charge in [0, 0.05) is 0 Å². The van der Waals surface area contributed by atoms with Gasteiger partial charge in [-0.1, -0.05) is 24.6 Å². The van der Waals surface area contributed by atoms with Crippen molar-refractivity contribution in [3.8, 4) is 5.75 Å². The van der Waals surface area contributed by atoms with E-state index in [9.17, 15) is 0 Å². The van der Waals surface area contributed by atoms with Gasteiger partial charge in [-0.15, -0.1) is 0 Å². The summed E-state index contributed by atoms with van der Waals surface area (Å²) in [4.78, 5) is 0. The maximum absolute atomic E-state index is 6.26. The van der Waals surface area contributed by atoms with Gasteiger partial charge < -0.3 is 10.1 Å². The van der Waals surface area contributed by atoms with E-state index >= 15 is 0 Å². The maximum Gasteiger partial charge on any atom is 0.137 e. The van der Waals surface area contributed by atoms with Crippen LogP contribution in [0.25, 0.3) is 0 Å². The number of methoxy groups -OCH3 is 1. The van der Waals surface area contributed by atoms with Crippen molar-refractivity contribution < 1.29 is 4.74 Å². The van der Waals surface area contributed by atoms with Crippen LogP contribution in [0.5, 0.6) is 5.75 Å². The van der Waals surface area contributed by atoms with Gasteiger partial charge in [-0.3, -0.25) is 0 Å². The van der Waals surface area contributed by atoms with Crippen LogP contribution in [-0.4, -0.2) is 13.7 Å². The molecule has 1 heterocycles. The largest absolute Gasteiger partial charge is 0.495 e. The van der Waals surface area contributed by atoms with Crippen LogP contribution in [0.3, 0.4) is 0 Å². The van der Waals surface area contributed by atoms with Gasteiger partial charge in [0.1, 0.15) is 5.75 Å². The molecule has 1 N–H and O–H groups in total. The van der Waals surface area contributed by atoms with Crippen molar-refractivity contribution >= 4 is 22.9 Å². The van der Waals surface area contributed by atoms with Crippen molar-refractivity contribution in [3.63, 3.8) is 0 Å². The molecule has 1 atom stereocenters. The Morgan fingerprint density at radius 3 is 2.70 bits per heavy atom. The number of nitrogens with one attached hydrogen (secondary N) is 1. The van der Waals surface area contributed by atoms with Crippen LogP contribution in [-0.2, 0) is 0 Å². The number of thiophene rings is 1. The van der Waals surface area contributed by atoms with E-state index < -0.39 is 0 Å². The number of aryl methyl sites for hydroxylation is 1. The Kier molecular flexibility index (Phi) is 5.46. The molecule has 1 aromatic carbocycles. The first-order chi connectivity index (χ1) is 9.67. The molecule has 0 fully saturated rings. The van der Waals surface area contributed by atoms with Gasteiger partial charge in [0.15, 0.2) is 0 Å². The van der Waals surface area contributed by atoms with Gasteiger partial charge in [-0.05, 0) is 59.5 Å². The fourth-order valence-corrected chi connectivity index (χ4v) is 3.37. The van der Waals surface area contributed by atoms with E-state index in [0.717, 1.165) is 13.0 Å². The zero-order valence-electron chi connectivity index (χ0n) is 12.1. The Bertz CT molecular complexity index is 567. The number of benzene rings is 1. The second-order valence-electron chi connectivity index (χ2n) is 4.79. The van der Waals surface area contributed by atoms with Crippen LogP contribution in [0, 0.1) is 6.92 Å². The highest BCUT2D eigenvalue weighted by molar-refractivity contribution is 7.08. The average Bonchev–Trinajstić information content (AvgIpc) is 2.86. The molecule has 0 saturated carbocycles. The average molecular weight is 310 g/mol. The third kappa shape index (κ3) is 3.35. The minimum Gasteiger partial charge on any atom is -0.495 e. The van der Waals surface area contributed by atoms with E-state index in [4.69, 9.17) is 16.3 Å². The Labute approximate surface area is 129 Å². The number of hydrogen-bond donors (Lipinski definition) is 1. The topological polar surface area (TPSA) is 21.3 Å². The molecular weight excluding hydrogens is 290 g/mol. The van der Waals surface area contributed by atoms with Gasteiger partial charge in [0.25, 0.3) is 0 Å². The van der Waals surface area contributed by atoms with Crippen LogP contribution >= 0.6 is 22.9 Å². The first kappa shape index (κ1) is 15.4. The molecule has 20 heavy (non-hydrogen) atoms. The summed E-state index contributed by atoms with van der Waals surface area (Å²) in [7, 11) is 1.64.